The van der Waals surface area contributed by atoms with E-state index in [4.69, 9.17) is 4.74 Å². The van der Waals surface area contributed by atoms with Crippen molar-refractivity contribution in [2.24, 2.45) is 5.41 Å². The van der Waals surface area contributed by atoms with Crippen molar-refractivity contribution in [2.75, 3.05) is 11.9 Å². The van der Waals surface area contributed by atoms with Gasteiger partial charge >= 0.3 is 0 Å². The molecule has 3 N–H and O–H groups in total. The number of hydrogen-bond acceptors (Lipinski definition) is 7. The van der Waals surface area contributed by atoms with Gasteiger partial charge in [0.15, 0.2) is 11.5 Å². The fourth-order valence-corrected chi connectivity index (χ4v) is 4.06. The number of benzene rings is 1. The number of carbonyl (C=O) groups is 4. The zero-order valence-corrected chi connectivity index (χ0v) is 20.6. The number of nitrogens with one attached hydrogen (secondary N) is 3. The van der Waals surface area contributed by atoms with Crippen LogP contribution < -0.4 is 15.4 Å². The maximum absolute atomic E-state index is 12.9. The van der Waals surface area contributed by atoms with Crippen LogP contribution in [-0.2, 0) is 27.3 Å². The highest BCUT2D eigenvalue weighted by Gasteiger charge is 2.20. The number of aromatic amines is 1. The topological polar surface area (TPSA) is 143 Å². The van der Waals surface area contributed by atoms with Crippen LogP contribution in [0.2, 0.25) is 0 Å². The van der Waals surface area contributed by atoms with E-state index >= 15 is 0 Å². The van der Waals surface area contributed by atoms with Gasteiger partial charge in [0.2, 0.25) is 5.91 Å². The minimum absolute atomic E-state index is 0.0122. The third-order valence-corrected chi connectivity index (χ3v) is 5.67. The zero-order chi connectivity index (χ0) is 25.9. The Morgan fingerprint density at radius 2 is 1.94 bits per heavy atom. The van der Waals surface area contributed by atoms with Crippen LogP contribution in [0, 0.1) is 5.41 Å². The molecule has 0 atom stereocenters. The minimum atomic E-state index is -0.417. The van der Waals surface area contributed by atoms with Crippen LogP contribution >= 0.6 is 0 Å². The molecule has 0 radical (unpaired) electrons. The van der Waals surface area contributed by atoms with Crippen molar-refractivity contribution in [1.82, 2.24) is 20.3 Å². The van der Waals surface area contributed by atoms with Crippen LogP contribution in [0.15, 0.2) is 30.7 Å². The fraction of sp³-hybridized carbons (Fsp3) is 0.385. The molecule has 2 amide bonds. The molecule has 188 valence electrons. The number of amides is 2. The molecular weight excluding hydrogens is 462 g/mol. The summed E-state index contributed by atoms with van der Waals surface area (Å²) in [5, 5.41) is 5.58. The molecule has 10 heteroatoms. The number of rotatable bonds is 8. The maximum Gasteiger partial charge on any atom is 0.272 e. The number of carbonyl (C=O) groups excluding carboxylic acids is 4. The van der Waals surface area contributed by atoms with Crippen molar-refractivity contribution in [1.29, 1.82) is 0 Å². The summed E-state index contributed by atoms with van der Waals surface area (Å²) in [4.78, 5) is 60.3. The predicted octanol–water partition coefficient (Wildman–Crippen LogP) is 3.12. The Balaban J connectivity index is 1.39. The zero-order valence-electron chi connectivity index (χ0n) is 20.6. The highest BCUT2D eigenvalue weighted by molar-refractivity contribution is 6.08. The molecular formula is C26H29N5O5. The number of H-pyrrole nitrogens is 1. The molecule has 2 aromatic heterocycles. The first-order valence-electron chi connectivity index (χ1n) is 11.8. The quantitative estimate of drug-likeness (QED) is 0.439. The lowest BCUT2D eigenvalue weighted by atomic mass is 9.89. The van der Waals surface area contributed by atoms with Gasteiger partial charge in [-0.05, 0) is 23.1 Å². The molecule has 3 aromatic rings. The SMILES string of the molecule is CC(C)(C)CC(=O)CCC(=O)Nc1c[nH]c2c(C(=O)NCc3ccc4c(c3)CC(=O)CO4)ncnc12. The average Bonchev–Trinajstić information content (AvgIpc) is 3.22. The number of fused-ring (bicyclic) bond motifs is 2. The molecule has 1 aromatic carbocycles. The number of ether oxygens (including phenoxy) is 1. The lowest BCUT2D eigenvalue weighted by molar-refractivity contribution is -0.124. The van der Waals surface area contributed by atoms with Gasteiger partial charge in [0.25, 0.3) is 5.91 Å². The molecule has 4 rings (SSSR count). The van der Waals surface area contributed by atoms with E-state index in [0.29, 0.717) is 35.3 Å². The standard InChI is InChI=1S/C26H29N5O5/c1-26(2,3)10-17(32)5-7-21(34)31-19-12-27-23-22(19)29-14-30-24(23)25(35)28-11-15-4-6-20-16(8-15)9-18(33)13-36-20/h4,6,8,12,14,27H,5,7,9-11,13H2,1-3H3,(H,28,35)(H,31,34). The van der Waals surface area contributed by atoms with Crippen molar-refractivity contribution in [3.05, 3.63) is 47.5 Å². The third-order valence-electron chi connectivity index (χ3n) is 5.67. The lowest BCUT2D eigenvalue weighted by Gasteiger charge is -2.17. The molecule has 3 heterocycles. The van der Waals surface area contributed by atoms with Gasteiger partial charge in [-0.3, -0.25) is 19.2 Å². The normalized spacial score (nSPS) is 13.1. The van der Waals surface area contributed by atoms with Gasteiger partial charge in [-0.25, -0.2) is 9.97 Å². The monoisotopic (exact) mass is 491 g/mol. The molecule has 0 saturated heterocycles. The van der Waals surface area contributed by atoms with E-state index in [1.165, 1.54) is 6.33 Å². The second-order valence-corrected chi connectivity index (χ2v) is 10.1. The first-order valence-corrected chi connectivity index (χ1v) is 11.8. The molecule has 36 heavy (non-hydrogen) atoms. The van der Waals surface area contributed by atoms with E-state index in [9.17, 15) is 19.2 Å². The first kappa shape index (κ1) is 25.0. The van der Waals surface area contributed by atoms with E-state index in [1.807, 2.05) is 32.9 Å². The van der Waals surface area contributed by atoms with Crippen LogP contribution in [0.3, 0.4) is 0 Å². The van der Waals surface area contributed by atoms with E-state index in [2.05, 4.69) is 25.6 Å². The number of aromatic nitrogens is 3. The van der Waals surface area contributed by atoms with E-state index in [-0.39, 0.29) is 54.6 Å². The van der Waals surface area contributed by atoms with Crippen molar-refractivity contribution in [3.63, 3.8) is 0 Å². The largest absolute Gasteiger partial charge is 0.486 e. The summed E-state index contributed by atoms with van der Waals surface area (Å²) in [6, 6.07) is 5.47. The molecule has 10 nitrogen and oxygen atoms in total. The van der Waals surface area contributed by atoms with Gasteiger partial charge in [-0.2, -0.15) is 0 Å². The van der Waals surface area contributed by atoms with Crippen LogP contribution in [0.25, 0.3) is 11.0 Å². The van der Waals surface area contributed by atoms with E-state index < -0.39 is 5.91 Å². The molecule has 1 aliphatic rings. The number of hydrogen-bond donors (Lipinski definition) is 3. The number of nitrogens with zero attached hydrogens (tertiary/aromatic N) is 2. The predicted molar refractivity (Wildman–Crippen MR) is 133 cm³/mol. The van der Waals surface area contributed by atoms with Gasteiger partial charge in [0.05, 0.1) is 11.2 Å². The van der Waals surface area contributed by atoms with Crippen LogP contribution in [0.1, 0.15) is 61.6 Å². The van der Waals surface area contributed by atoms with Crippen LogP contribution in [0.5, 0.6) is 5.75 Å². The Morgan fingerprint density at radius 1 is 1.14 bits per heavy atom. The van der Waals surface area contributed by atoms with E-state index in [1.54, 1.807) is 12.3 Å². The molecule has 0 spiro atoms. The average molecular weight is 492 g/mol. The summed E-state index contributed by atoms with van der Waals surface area (Å²) in [5.74, 6) is 0.00781. The van der Waals surface area contributed by atoms with Gasteiger partial charge in [-0.15, -0.1) is 0 Å². The van der Waals surface area contributed by atoms with Crippen LogP contribution in [-0.4, -0.2) is 44.9 Å². The molecule has 1 aliphatic heterocycles. The lowest BCUT2D eigenvalue weighted by Crippen LogP contribution is -2.25. The summed E-state index contributed by atoms with van der Waals surface area (Å²) in [5.41, 5.74) is 2.84. The van der Waals surface area contributed by atoms with Crippen molar-refractivity contribution in [2.45, 2.75) is 53.0 Å². The molecule has 0 bridgehead atoms. The fourth-order valence-electron chi connectivity index (χ4n) is 4.06. The number of anilines is 1. The molecule has 0 unspecified atom stereocenters. The Labute approximate surface area is 208 Å². The van der Waals surface area contributed by atoms with Crippen LogP contribution in [0.4, 0.5) is 5.69 Å². The molecule has 0 aliphatic carbocycles. The third kappa shape index (κ3) is 6.12. The summed E-state index contributed by atoms with van der Waals surface area (Å²) < 4.78 is 5.40. The Bertz CT molecular complexity index is 1340. The summed E-state index contributed by atoms with van der Waals surface area (Å²) in [6.45, 7) is 6.26. The van der Waals surface area contributed by atoms with Gasteiger partial charge in [0, 0.05) is 44.0 Å². The Kier molecular flexibility index (Phi) is 7.14. The summed E-state index contributed by atoms with van der Waals surface area (Å²) in [6.07, 6.45) is 3.76. The minimum Gasteiger partial charge on any atom is -0.486 e. The second kappa shape index (κ2) is 10.3. The van der Waals surface area contributed by atoms with Crippen molar-refractivity contribution < 1.29 is 23.9 Å². The van der Waals surface area contributed by atoms with Gasteiger partial charge < -0.3 is 20.4 Å². The number of Topliss-reactive ketones (excluding diaryl/α,β-unsaturated/α-hetero) is 2. The highest BCUT2D eigenvalue weighted by Crippen LogP contribution is 2.25. The molecule has 0 saturated carbocycles. The highest BCUT2D eigenvalue weighted by atomic mass is 16.5. The van der Waals surface area contributed by atoms with E-state index in [0.717, 1.165) is 11.1 Å². The second-order valence-electron chi connectivity index (χ2n) is 10.1. The maximum atomic E-state index is 12.9. The van der Waals surface area contributed by atoms with Gasteiger partial charge in [0.1, 0.15) is 30.0 Å². The van der Waals surface area contributed by atoms with Crippen molar-refractivity contribution >= 4 is 40.1 Å². The number of ketones is 2. The summed E-state index contributed by atoms with van der Waals surface area (Å²) in [7, 11) is 0. The Morgan fingerprint density at radius 3 is 2.72 bits per heavy atom. The molecule has 0 fully saturated rings. The van der Waals surface area contributed by atoms with Crippen molar-refractivity contribution in [3.8, 4) is 5.75 Å². The summed E-state index contributed by atoms with van der Waals surface area (Å²) >= 11 is 0. The first-order chi connectivity index (χ1) is 17.1. The smallest absolute Gasteiger partial charge is 0.272 e. The Hall–Kier alpha value is -4.08. The van der Waals surface area contributed by atoms with Gasteiger partial charge in [-0.1, -0.05) is 26.8 Å².